The Balaban J connectivity index is 1.63. The third-order valence-corrected chi connectivity index (χ3v) is 8.51. The van der Waals surface area contributed by atoms with Crippen LogP contribution in [0, 0.1) is 0 Å². The van der Waals surface area contributed by atoms with Crippen LogP contribution in [0.15, 0.2) is 103 Å². The molecular formula is C34H26N2. The van der Waals surface area contributed by atoms with Crippen molar-refractivity contribution >= 4 is 43.6 Å². The van der Waals surface area contributed by atoms with E-state index in [9.17, 15) is 0 Å². The average molecular weight is 463 g/mol. The lowest BCUT2D eigenvalue weighted by Crippen LogP contribution is -2.16. The number of para-hydroxylation sites is 2. The minimum Gasteiger partial charge on any atom is -0.344 e. The Morgan fingerprint density at radius 1 is 0.556 bits per heavy atom. The maximum Gasteiger partial charge on any atom is 0.0588 e. The van der Waals surface area contributed by atoms with Crippen LogP contribution in [0.5, 0.6) is 0 Å². The lowest BCUT2D eigenvalue weighted by atomic mass is 9.81. The maximum atomic E-state index is 2.55. The SMILES string of the molecule is Cn1c2ccccc2c2c(-n3c4ccccc4c4ccc5c(c43)C(C)(C)c3ccccc3-5)cccc21. The zero-order valence-corrected chi connectivity index (χ0v) is 20.7. The molecule has 1 aliphatic carbocycles. The molecule has 0 saturated heterocycles. The smallest absolute Gasteiger partial charge is 0.0588 e. The number of fused-ring (bicyclic) bond motifs is 10. The predicted molar refractivity (Wildman–Crippen MR) is 152 cm³/mol. The Bertz CT molecular complexity index is 2030. The fraction of sp³-hybridized carbons (Fsp3) is 0.118. The van der Waals surface area contributed by atoms with Crippen molar-refractivity contribution in [3.8, 4) is 16.8 Å². The van der Waals surface area contributed by atoms with E-state index in [1.807, 2.05) is 0 Å². The highest BCUT2D eigenvalue weighted by molar-refractivity contribution is 6.17. The van der Waals surface area contributed by atoms with Gasteiger partial charge in [-0.1, -0.05) is 92.7 Å². The van der Waals surface area contributed by atoms with Gasteiger partial charge in [0.05, 0.1) is 22.2 Å². The third kappa shape index (κ3) is 2.27. The van der Waals surface area contributed by atoms with Crippen LogP contribution in [0.4, 0.5) is 0 Å². The number of benzene rings is 5. The third-order valence-electron chi connectivity index (χ3n) is 8.51. The molecule has 1 aliphatic rings. The maximum absolute atomic E-state index is 2.55. The number of hydrogen-bond acceptors (Lipinski definition) is 0. The first kappa shape index (κ1) is 19.9. The lowest BCUT2D eigenvalue weighted by molar-refractivity contribution is 0.664. The van der Waals surface area contributed by atoms with Gasteiger partial charge in [-0.05, 0) is 46.5 Å². The molecule has 2 heterocycles. The summed E-state index contributed by atoms with van der Waals surface area (Å²) in [6, 6.07) is 38.0. The quantitative estimate of drug-likeness (QED) is 0.231. The molecule has 0 radical (unpaired) electrons. The number of aromatic nitrogens is 2. The first-order valence-corrected chi connectivity index (χ1v) is 12.7. The Kier molecular flexibility index (Phi) is 3.70. The van der Waals surface area contributed by atoms with E-state index in [-0.39, 0.29) is 5.41 Å². The summed E-state index contributed by atoms with van der Waals surface area (Å²) in [7, 11) is 2.18. The summed E-state index contributed by atoms with van der Waals surface area (Å²) in [5, 5.41) is 5.23. The highest BCUT2D eigenvalue weighted by Crippen LogP contribution is 2.53. The summed E-state index contributed by atoms with van der Waals surface area (Å²) in [5.41, 5.74) is 11.8. The Morgan fingerprint density at radius 2 is 1.25 bits per heavy atom. The first-order chi connectivity index (χ1) is 17.6. The molecule has 0 atom stereocenters. The van der Waals surface area contributed by atoms with E-state index in [2.05, 4.69) is 133 Å². The zero-order valence-electron chi connectivity index (χ0n) is 20.7. The molecule has 0 unspecified atom stereocenters. The minimum atomic E-state index is -0.0930. The molecule has 172 valence electrons. The van der Waals surface area contributed by atoms with Crippen LogP contribution in [0.2, 0.25) is 0 Å². The van der Waals surface area contributed by atoms with Crippen molar-refractivity contribution in [3.63, 3.8) is 0 Å². The molecule has 0 spiro atoms. The molecular weight excluding hydrogens is 436 g/mol. The molecule has 2 nitrogen and oxygen atoms in total. The van der Waals surface area contributed by atoms with Gasteiger partial charge >= 0.3 is 0 Å². The number of hydrogen-bond donors (Lipinski definition) is 0. The van der Waals surface area contributed by atoms with E-state index in [1.165, 1.54) is 71.6 Å². The van der Waals surface area contributed by atoms with Crippen LogP contribution in [0.1, 0.15) is 25.0 Å². The zero-order chi connectivity index (χ0) is 24.2. The van der Waals surface area contributed by atoms with Gasteiger partial charge in [-0.15, -0.1) is 0 Å². The van der Waals surface area contributed by atoms with E-state index in [4.69, 9.17) is 0 Å². The standard InChI is InChI=1S/C34H26N2/c1-34(2)26-14-7-4-11-21(26)23-19-20-24-22-12-5-9-16-28(22)36(33(24)32(23)34)30-18-10-17-29-31(30)25-13-6-8-15-27(25)35(29)3/h4-20H,1-3H3. The van der Waals surface area contributed by atoms with Crippen molar-refractivity contribution in [2.45, 2.75) is 19.3 Å². The molecule has 2 aromatic heterocycles. The number of rotatable bonds is 1. The van der Waals surface area contributed by atoms with Crippen LogP contribution >= 0.6 is 0 Å². The molecule has 8 rings (SSSR count). The Morgan fingerprint density at radius 3 is 2.11 bits per heavy atom. The molecule has 2 heteroatoms. The summed E-state index contributed by atoms with van der Waals surface area (Å²) in [6.45, 7) is 4.77. The summed E-state index contributed by atoms with van der Waals surface area (Å²) in [6.07, 6.45) is 0. The summed E-state index contributed by atoms with van der Waals surface area (Å²) < 4.78 is 4.87. The molecule has 0 bridgehead atoms. The molecule has 0 amide bonds. The minimum absolute atomic E-state index is 0.0930. The second-order valence-corrected chi connectivity index (χ2v) is 10.7. The lowest BCUT2D eigenvalue weighted by Gasteiger charge is -2.24. The van der Waals surface area contributed by atoms with Gasteiger partial charge < -0.3 is 9.13 Å². The second kappa shape index (κ2) is 6.67. The van der Waals surface area contributed by atoms with E-state index < -0.39 is 0 Å². The summed E-state index contributed by atoms with van der Waals surface area (Å²) >= 11 is 0. The van der Waals surface area contributed by atoms with E-state index in [1.54, 1.807) is 0 Å². The molecule has 5 aromatic carbocycles. The molecule has 0 N–H and O–H groups in total. The fourth-order valence-corrected chi connectivity index (χ4v) is 6.94. The van der Waals surface area contributed by atoms with Crippen molar-refractivity contribution in [2.75, 3.05) is 0 Å². The fourth-order valence-electron chi connectivity index (χ4n) is 6.94. The van der Waals surface area contributed by atoms with Crippen molar-refractivity contribution < 1.29 is 0 Å². The average Bonchev–Trinajstić information content (AvgIpc) is 3.49. The van der Waals surface area contributed by atoms with Gasteiger partial charge in [0.1, 0.15) is 0 Å². The topological polar surface area (TPSA) is 9.86 Å². The monoisotopic (exact) mass is 462 g/mol. The summed E-state index contributed by atoms with van der Waals surface area (Å²) in [4.78, 5) is 0. The Hall–Kier alpha value is -4.30. The van der Waals surface area contributed by atoms with Crippen molar-refractivity contribution in [1.82, 2.24) is 9.13 Å². The molecule has 0 saturated carbocycles. The highest BCUT2D eigenvalue weighted by atomic mass is 15.0. The van der Waals surface area contributed by atoms with Crippen LogP contribution in [-0.2, 0) is 12.5 Å². The van der Waals surface area contributed by atoms with Gasteiger partial charge in [0.2, 0.25) is 0 Å². The van der Waals surface area contributed by atoms with Crippen LogP contribution in [0.25, 0.3) is 60.4 Å². The molecule has 36 heavy (non-hydrogen) atoms. The van der Waals surface area contributed by atoms with Crippen molar-refractivity contribution in [2.24, 2.45) is 7.05 Å². The van der Waals surface area contributed by atoms with E-state index >= 15 is 0 Å². The number of aryl methyl sites for hydroxylation is 1. The highest BCUT2D eigenvalue weighted by Gasteiger charge is 2.38. The van der Waals surface area contributed by atoms with Crippen molar-refractivity contribution in [3.05, 3.63) is 114 Å². The van der Waals surface area contributed by atoms with Crippen LogP contribution in [-0.4, -0.2) is 9.13 Å². The van der Waals surface area contributed by atoms with Gasteiger partial charge in [0.15, 0.2) is 0 Å². The van der Waals surface area contributed by atoms with Crippen LogP contribution in [0.3, 0.4) is 0 Å². The second-order valence-electron chi connectivity index (χ2n) is 10.7. The first-order valence-electron chi connectivity index (χ1n) is 12.7. The van der Waals surface area contributed by atoms with Gasteiger partial charge in [0.25, 0.3) is 0 Å². The van der Waals surface area contributed by atoms with E-state index in [0.29, 0.717) is 0 Å². The summed E-state index contributed by atoms with van der Waals surface area (Å²) in [5.74, 6) is 0. The molecule has 0 aliphatic heterocycles. The van der Waals surface area contributed by atoms with E-state index in [0.717, 1.165) is 0 Å². The van der Waals surface area contributed by atoms with Gasteiger partial charge in [-0.3, -0.25) is 0 Å². The predicted octanol–water partition coefficient (Wildman–Crippen LogP) is 8.73. The number of nitrogens with zero attached hydrogens (tertiary/aromatic N) is 2. The normalized spacial score (nSPS) is 14.2. The van der Waals surface area contributed by atoms with Crippen molar-refractivity contribution in [1.29, 1.82) is 0 Å². The van der Waals surface area contributed by atoms with Gasteiger partial charge in [-0.2, -0.15) is 0 Å². The largest absolute Gasteiger partial charge is 0.344 e. The molecule has 0 fully saturated rings. The Labute approximate surface area is 210 Å². The molecule has 7 aromatic rings. The van der Waals surface area contributed by atoms with Crippen LogP contribution < -0.4 is 0 Å². The van der Waals surface area contributed by atoms with Gasteiger partial charge in [-0.25, -0.2) is 0 Å². The van der Waals surface area contributed by atoms with Gasteiger partial charge in [0, 0.05) is 39.5 Å².